The summed E-state index contributed by atoms with van der Waals surface area (Å²) in [4.78, 5) is 15.2. The summed E-state index contributed by atoms with van der Waals surface area (Å²) < 4.78 is 30.0. The maximum Gasteiger partial charge on any atom is 0.359 e. The zero-order valence-corrected chi connectivity index (χ0v) is 9.80. The number of nitrogen functional groups attached to an aromatic ring is 1. The van der Waals surface area contributed by atoms with Crippen LogP contribution in [-0.4, -0.2) is 17.6 Å². The summed E-state index contributed by atoms with van der Waals surface area (Å²) in [6.07, 6.45) is -2.80. The lowest BCUT2D eigenvalue weighted by Gasteiger charge is -2.10. The van der Waals surface area contributed by atoms with Crippen LogP contribution in [-0.2, 0) is 10.6 Å². The van der Waals surface area contributed by atoms with Gasteiger partial charge in [0.15, 0.2) is 5.69 Å². The summed E-state index contributed by atoms with van der Waals surface area (Å²) in [6, 6.07) is 1.08. The number of anilines is 1. The number of ether oxygens (including phenoxy) is 1. The summed E-state index contributed by atoms with van der Waals surface area (Å²) in [5.74, 6) is -0.925. The minimum absolute atomic E-state index is 0.0909. The van der Waals surface area contributed by atoms with Crippen molar-refractivity contribution in [3.05, 3.63) is 23.0 Å². The molecule has 0 bridgehead atoms. The largest absolute Gasteiger partial charge is 0.461 e. The average Bonchev–Trinajstić information content (AvgIpc) is 2.29. The van der Waals surface area contributed by atoms with Crippen molar-refractivity contribution < 1.29 is 18.3 Å². The van der Waals surface area contributed by atoms with E-state index >= 15 is 0 Å². The van der Waals surface area contributed by atoms with Gasteiger partial charge in [-0.05, 0) is 13.0 Å². The number of pyridine rings is 1. The molecule has 0 spiro atoms. The highest BCUT2D eigenvalue weighted by Crippen LogP contribution is 2.28. The lowest BCUT2D eigenvalue weighted by Crippen LogP contribution is -2.14. The molecule has 0 aliphatic carbocycles. The number of aromatic nitrogens is 1. The van der Waals surface area contributed by atoms with E-state index in [0.717, 1.165) is 6.07 Å². The van der Waals surface area contributed by atoms with E-state index in [4.69, 9.17) is 17.3 Å². The first kappa shape index (κ1) is 13.6. The molecule has 7 heteroatoms. The lowest BCUT2D eigenvalue weighted by atomic mass is 10.1. The molecule has 0 amide bonds. The van der Waals surface area contributed by atoms with E-state index in [1.165, 1.54) is 0 Å². The number of nitrogens with two attached hydrogens (primary N) is 1. The molecule has 2 N–H and O–H groups in total. The highest BCUT2D eigenvalue weighted by molar-refractivity contribution is 6.17. The van der Waals surface area contributed by atoms with Crippen molar-refractivity contribution in [1.82, 2.24) is 4.98 Å². The second kappa shape index (κ2) is 5.77. The maximum atomic E-state index is 12.7. The Morgan fingerprint density at radius 1 is 1.65 bits per heavy atom. The van der Waals surface area contributed by atoms with Crippen LogP contribution in [0.2, 0.25) is 0 Å². The van der Waals surface area contributed by atoms with Crippen molar-refractivity contribution in [2.45, 2.75) is 19.2 Å². The Bertz CT molecular complexity index is 427. The van der Waals surface area contributed by atoms with Gasteiger partial charge in [-0.3, -0.25) is 0 Å². The summed E-state index contributed by atoms with van der Waals surface area (Å²) in [6.45, 7) is 1.70. The van der Waals surface area contributed by atoms with Crippen LogP contribution in [0.1, 0.15) is 35.1 Å². The molecule has 0 aromatic carbocycles. The molecular weight excluding hydrogens is 254 g/mol. The second-order valence-corrected chi connectivity index (χ2v) is 3.39. The highest BCUT2D eigenvalue weighted by atomic mass is 35.5. The number of carbonyl (C=O) groups excluding carboxylic acids is 1. The molecule has 0 saturated heterocycles. The molecule has 0 atom stereocenters. The van der Waals surface area contributed by atoms with E-state index in [1.807, 2.05) is 0 Å². The van der Waals surface area contributed by atoms with Gasteiger partial charge < -0.3 is 10.5 Å². The van der Waals surface area contributed by atoms with Crippen LogP contribution in [0.4, 0.5) is 14.5 Å². The van der Waals surface area contributed by atoms with E-state index < -0.39 is 18.0 Å². The molecule has 17 heavy (non-hydrogen) atoms. The zero-order valence-electron chi connectivity index (χ0n) is 9.04. The molecule has 0 fully saturated rings. The van der Waals surface area contributed by atoms with Gasteiger partial charge in [0.1, 0.15) is 0 Å². The number of hydrogen-bond donors (Lipinski definition) is 1. The predicted molar refractivity (Wildman–Crippen MR) is 59.1 cm³/mol. The minimum atomic E-state index is -2.80. The van der Waals surface area contributed by atoms with Crippen LogP contribution in [0, 0.1) is 0 Å². The monoisotopic (exact) mass is 264 g/mol. The molecule has 94 valence electrons. The number of alkyl halides is 3. The molecule has 0 radical (unpaired) electrons. The molecule has 1 aromatic heterocycles. The third kappa shape index (κ3) is 3.03. The van der Waals surface area contributed by atoms with Crippen LogP contribution in [0.15, 0.2) is 6.07 Å². The normalized spacial score (nSPS) is 10.6. The summed E-state index contributed by atoms with van der Waals surface area (Å²) in [7, 11) is 0. The van der Waals surface area contributed by atoms with Crippen molar-refractivity contribution in [1.29, 1.82) is 0 Å². The highest BCUT2D eigenvalue weighted by Gasteiger charge is 2.21. The van der Waals surface area contributed by atoms with Gasteiger partial charge in [-0.1, -0.05) is 0 Å². The van der Waals surface area contributed by atoms with Crippen LogP contribution >= 0.6 is 11.6 Å². The van der Waals surface area contributed by atoms with Crippen LogP contribution in [0.25, 0.3) is 0 Å². The molecule has 1 aromatic rings. The molecule has 1 heterocycles. The molecular formula is C10H11ClF2N2O2. The maximum absolute atomic E-state index is 12.7. The fourth-order valence-electron chi connectivity index (χ4n) is 1.23. The van der Waals surface area contributed by atoms with Crippen LogP contribution in [0.5, 0.6) is 0 Å². The fraction of sp³-hybridized carbons (Fsp3) is 0.400. The predicted octanol–water partition coefficient (Wildman–Crippen LogP) is 2.52. The number of nitrogens with zero attached hydrogens (tertiary/aromatic N) is 1. The van der Waals surface area contributed by atoms with Crippen molar-refractivity contribution >= 4 is 23.3 Å². The van der Waals surface area contributed by atoms with Gasteiger partial charge in [-0.2, -0.15) is 0 Å². The van der Waals surface area contributed by atoms with Gasteiger partial charge in [0.2, 0.25) is 0 Å². The van der Waals surface area contributed by atoms with E-state index in [2.05, 4.69) is 9.72 Å². The quantitative estimate of drug-likeness (QED) is 0.670. The van der Waals surface area contributed by atoms with E-state index in [9.17, 15) is 13.6 Å². The Morgan fingerprint density at radius 3 is 2.76 bits per heavy atom. The Kier molecular flexibility index (Phi) is 4.62. The molecule has 0 aliphatic rings. The lowest BCUT2D eigenvalue weighted by molar-refractivity contribution is 0.0520. The first-order valence-electron chi connectivity index (χ1n) is 4.81. The molecule has 1 rings (SSSR count). The van der Waals surface area contributed by atoms with E-state index in [1.54, 1.807) is 6.92 Å². The average molecular weight is 265 g/mol. The second-order valence-electron chi connectivity index (χ2n) is 3.12. The Hall–Kier alpha value is -1.43. The van der Waals surface area contributed by atoms with Gasteiger partial charge in [-0.25, -0.2) is 18.6 Å². The Balaban J connectivity index is 3.28. The fourth-order valence-corrected chi connectivity index (χ4v) is 1.37. The number of halogens is 3. The van der Waals surface area contributed by atoms with E-state index in [0.29, 0.717) is 0 Å². The Labute approximate surface area is 102 Å². The van der Waals surface area contributed by atoms with Crippen LogP contribution in [0.3, 0.4) is 0 Å². The van der Waals surface area contributed by atoms with Gasteiger partial charge in [-0.15, -0.1) is 11.6 Å². The molecule has 4 nitrogen and oxygen atoms in total. The van der Waals surface area contributed by atoms with Crippen LogP contribution < -0.4 is 5.73 Å². The standard InChI is InChI=1S/C10H11ClF2N2O2/c1-2-17-10(16)8-7(14)6(9(12)13)3-5(4-11)15-8/h3,9H,2,4,14H2,1H3. The van der Waals surface area contributed by atoms with Gasteiger partial charge >= 0.3 is 5.97 Å². The third-order valence-corrected chi connectivity index (χ3v) is 2.26. The molecule has 0 unspecified atom stereocenters. The number of rotatable bonds is 4. The third-order valence-electron chi connectivity index (χ3n) is 1.98. The van der Waals surface area contributed by atoms with Crippen molar-refractivity contribution in [2.75, 3.05) is 12.3 Å². The number of carbonyl (C=O) groups is 1. The first-order chi connectivity index (χ1) is 8.01. The SMILES string of the molecule is CCOC(=O)c1nc(CCl)cc(C(F)F)c1N. The van der Waals surface area contributed by atoms with Gasteiger partial charge in [0, 0.05) is 5.56 Å². The molecule has 0 aliphatic heterocycles. The summed E-state index contributed by atoms with van der Waals surface area (Å²) >= 11 is 5.51. The minimum Gasteiger partial charge on any atom is -0.461 e. The number of esters is 1. The zero-order chi connectivity index (χ0) is 13.0. The summed E-state index contributed by atoms with van der Waals surface area (Å²) in [5.41, 5.74) is 4.46. The number of hydrogen-bond acceptors (Lipinski definition) is 4. The van der Waals surface area contributed by atoms with Crippen molar-refractivity contribution in [3.63, 3.8) is 0 Å². The molecule has 0 saturated carbocycles. The van der Waals surface area contributed by atoms with Gasteiger partial charge in [0.25, 0.3) is 6.43 Å². The Morgan fingerprint density at radius 2 is 2.29 bits per heavy atom. The summed E-state index contributed by atoms with van der Waals surface area (Å²) in [5, 5.41) is 0. The smallest absolute Gasteiger partial charge is 0.359 e. The van der Waals surface area contributed by atoms with Crippen molar-refractivity contribution in [2.24, 2.45) is 0 Å². The first-order valence-corrected chi connectivity index (χ1v) is 5.35. The topological polar surface area (TPSA) is 65.2 Å². The van der Waals surface area contributed by atoms with Crippen molar-refractivity contribution in [3.8, 4) is 0 Å². The van der Waals surface area contributed by atoms with Gasteiger partial charge in [0.05, 0.1) is 23.9 Å². The van der Waals surface area contributed by atoms with E-state index in [-0.39, 0.29) is 29.6 Å².